The number of aliphatic hydroxyl groups is 2. The minimum Gasteiger partial charge on any atom is -0.390 e. The van der Waals surface area contributed by atoms with E-state index < -0.39 is 18.1 Å². The molecule has 0 bridgehead atoms. The van der Waals surface area contributed by atoms with Crippen molar-refractivity contribution in [1.82, 2.24) is 24.8 Å². The number of hydrogen-bond donors (Lipinski definition) is 3. The molecule has 0 spiro atoms. The van der Waals surface area contributed by atoms with Crippen LogP contribution in [0.25, 0.3) is 21.3 Å². The molecular formula is C32H44N6O5S. The van der Waals surface area contributed by atoms with Crippen molar-refractivity contribution in [3.63, 3.8) is 0 Å². The molecule has 238 valence electrons. The first kappa shape index (κ1) is 31.4. The summed E-state index contributed by atoms with van der Waals surface area (Å²) in [7, 11) is 0. The summed E-state index contributed by atoms with van der Waals surface area (Å²) in [5.41, 5.74) is 2.30. The molecule has 2 aromatic heterocycles. The maximum atomic E-state index is 13.1. The van der Waals surface area contributed by atoms with Gasteiger partial charge in [0.25, 0.3) is 0 Å². The van der Waals surface area contributed by atoms with Crippen molar-refractivity contribution in [2.24, 2.45) is 5.92 Å². The van der Waals surface area contributed by atoms with Crippen molar-refractivity contribution >= 4 is 32.6 Å². The highest BCUT2D eigenvalue weighted by Gasteiger charge is 2.42. The number of aliphatic hydroxyl groups excluding tert-OH is 2. The number of rotatable bonds is 9. The molecule has 3 aliphatic rings. The molecule has 1 amide bonds. The number of anilines is 1. The number of carbonyl (C=O) groups is 1. The minimum atomic E-state index is -0.902. The van der Waals surface area contributed by atoms with Gasteiger partial charge in [0.1, 0.15) is 6.61 Å². The molecule has 44 heavy (non-hydrogen) atoms. The number of nitrogens with zero attached hydrogens (tertiary/aromatic N) is 5. The number of thiazole rings is 1. The molecule has 3 fully saturated rings. The van der Waals surface area contributed by atoms with Crippen LogP contribution in [0.15, 0.2) is 30.6 Å². The van der Waals surface area contributed by atoms with E-state index in [9.17, 15) is 15.0 Å². The molecule has 1 aliphatic heterocycles. The lowest BCUT2D eigenvalue weighted by molar-refractivity contribution is -0.248. The van der Waals surface area contributed by atoms with Crippen LogP contribution in [0.1, 0.15) is 65.6 Å². The van der Waals surface area contributed by atoms with Crippen LogP contribution in [0.4, 0.5) is 5.13 Å². The van der Waals surface area contributed by atoms with Crippen LogP contribution in [0.5, 0.6) is 0 Å². The Morgan fingerprint density at radius 2 is 1.93 bits per heavy atom. The van der Waals surface area contributed by atoms with Crippen LogP contribution in [0.3, 0.4) is 0 Å². The first-order valence-corrected chi connectivity index (χ1v) is 16.5. The number of nitrogens with one attached hydrogen (secondary N) is 1. The molecule has 4 atom stereocenters. The Labute approximate surface area is 262 Å². The zero-order chi connectivity index (χ0) is 31.0. The molecule has 2 saturated carbocycles. The average Bonchev–Trinajstić information content (AvgIpc) is 3.55. The van der Waals surface area contributed by atoms with Crippen LogP contribution < -0.4 is 5.32 Å². The number of ether oxygens (including phenoxy) is 2. The Hall–Kier alpha value is -2.58. The van der Waals surface area contributed by atoms with Crippen molar-refractivity contribution in [3.05, 3.63) is 36.4 Å². The summed E-state index contributed by atoms with van der Waals surface area (Å²) in [6.45, 7) is 10.6. The predicted octanol–water partition coefficient (Wildman–Crippen LogP) is 4.00. The molecule has 1 aromatic carbocycles. The molecule has 0 radical (unpaired) electrons. The lowest BCUT2D eigenvalue weighted by atomic mass is 9.78. The van der Waals surface area contributed by atoms with Crippen molar-refractivity contribution in [3.8, 4) is 11.1 Å². The fourth-order valence-corrected chi connectivity index (χ4v) is 7.34. The van der Waals surface area contributed by atoms with E-state index in [4.69, 9.17) is 9.47 Å². The van der Waals surface area contributed by atoms with Gasteiger partial charge in [0.05, 0.1) is 28.0 Å². The highest BCUT2D eigenvalue weighted by atomic mass is 32.1. The third kappa shape index (κ3) is 7.28. The van der Waals surface area contributed by atoms with Gasteiger partial charge >= 0.3 is 0 Å². The van der Waals surface area contributed by atoms with Crippen molar-refractivity contribution in [2.45, 2.75) is 103 Å². The monoisotopic (exact) mass is 624 g/mol. The first-order valence-electron chi connectivity index (χ1n) is 15.7. The highest BCUT2D eigenvalue weighted by molar-refractivity contribution is 7.22. The number of piperazine rings is 1. The topological polar surface area (TPSA) is 133 Å². The fraction of sp³-hybridized carbons (Fsp3) is 0.625. The van der Waals surface area contributed by atoms with Gasteiger partial charge < -0.3 is 25.0 Å². The number of fused-ring (bicyclic) bond motifs is 1. The van der Waals surface area contributed by atoms with E-state index in [1.54, 1.807) is 12.4 Å². The van der Waals surface area contributed by atoms with Crippen molar-refractivity contribution in [2.75, 3.05) is 25.0 Å². The van der Waals surface area contributed by atoms with Crippen molar-refractivity contribution in [1.29, 1.82) is 0 Å². The van der Waals surface area contributed by atoms with E-state index >= 15 is 0 Å². The lowest BCUT2D eigenvalue weighted by Gasteiger charge is -2.50. The van der Waals surface area contributed by atoms with Crippen LogP contribution in [0, 0.1) is 5.92 Å². The summed E-state index contributed by atoms with van der Waals surface area (Å²) in [6.07, 6.45) is 6.45. The third-order valence-corrected chi connectivity index (χ3v) is 9.87. The van der Waals surface area contributed by atoms with E-state index in [-0.39, 0.29) is 30.6 Å². The van der Waals surface area contributed by atoms with Gasteiger partial charge in [-0.2, -0.15) is 0 Å². The molecule has 11 nitrogen and oxygen atoms in total. The minimum absolute atomic E-state index is 0.0251. The number of benzene rings is 1. The first-order chi connectivity index (χ1) is 21.0. The number of amides is 1. The van der Waals surface area contributed by atoms with Gasteiger partial charge in [-0.3, -0.25) is 14.6 Å². The molecule has 1 saturated heterocycles. The molecule has 3 heterocycles. The Balaban J connectivity index is 0.990. The predicted molar refractivity (Wildman–Crippen MR) is 169 cm³/mol. The second-order valence-corrected chi connectivity index (χ2v) is 14.4. The van der Waals surface area contributed by atoms with Gasteiger partial charge in [-0.15, -0.1) is 0 Å². The van der Waals surface area contributed by atoms with Crippen LogP contribution >= 0.6 is 11.3 Å². The molecular weight excluding hydrogens is 580 g/mol. The lowest BCUT2D eigenvalue weighted by Crippen LogP contribution is -2.61. The van der Waals surface area contributed by atoms with E-state index in [1.165, 1.54) is 11.3 Å². The molecule has 6 rings (SSSR count). The van der Waals surface area contributed by atoms with E-state index in [2.05, 4.69) is 38.2 Å². The summed E-state index contributed by atoms with van der Waals surface area (Å²) < 4.78 is 12.5. The van der Waals surface area contributed by atoms with E-state index in [1.807, 2.05) is 37.8 Å². The average molecular weight is 625 g/mol. The zero-order valence-corrected chi connectivity index (χ0v) is 26.8. The normalized spacial score (nSPS) is 27.4. The molecule has 3 N–H and O–H groups in total. The second-order valence-electron chi connectivity index (χ2n) is 13.4. The number of carbonyl (C=O) groups excluding carboxylic acids is 1. The zero-order valence-electron chi connectivity index (χ0n) is 26.0. The van der Waals surface area contributed by atoms with Gasteiger partial charge in [0.15, 0.2) is 11.0 Å². The Bertz CT molecular complexity index is 1440. The van der Waals surface area contributed by atoms with Gasteiger partial charge in [0.2, 0.25) is 12.3 Å². The molecule has 2 aliphatic carbocycles. The third-order valence-electron chi connectivity index (χ3n) is 8.94. The number of aromatic nitrogens is 3. The van der Waals surface area contributed by atoms with Gasteiger partial charge in [-0.05, 0) is 77.5 Å². The van der Waals surface area contributed by atoms with Crippen molar-refractivity contribution < 1.29 is 24.5 Å². The summed E-state index contributed by atoms with van der Waals surface area (Å²) >= 11 is 1.47. The summed E-state index contributed by atoms with van der Waals surface area (Å²) in [6, 6.07) is 6.64. The van der Waals surface area contributed by atoms with E-state index in [0.717, 1.165) is 73.1 Å². The highest BCUT2D eigenvalue weighted by Crippen LogP contribution is 2.36. The number of hydrogen-bond acceptors (Lipinski definition) is 11. The largest absolute Gasteiger partial charge is 0.390 e. The van der Waals surface area contributed by atoms with Gasteiger partial charge in [-0.25, -0.2) is 15.0 Å². The fourth-order valence-electron chi connectivity index (χ4n) is 6.43. The molecule has 12 heteroatoms. The SMILES string of the molecule is C[C@H]1CN([C@@H](O)OC(C)(C)C)CCN1[C@H]1C[C@@H](C(=O)Nc2nc3ccc(-c4cnc(CO[C@H]5CCC[C@@H]5O)nc4)cc3s2)C1. The van der Waals surface area contributed by atoms with E-state index in [0.29, 0.717) is 17.0 Å². The Kier molecular flexibility index (Phi) is 9.30. The summed E-state index contributed by atoms with van der Waals surface area (Å²) in [5, 5.41) is 24.1. The molecule has 0 unspecified atom stereocenters. The van der Waals surface area contributed by atoms with Gasteiger partial charge in [0, 0.05) is 55.6 Å². The Morgan fingerprint density at radius 3 is 2.61 bits per heavy atom. The summed E-state index contributed by atoms with van der Waals surface area (Å²) in [5.74, 6) is 0.590. The standard InChI is InChI=1S/C32H44N6O5S/c1-19-17-37(31(41)43-32(2,3)4)10-11-38(19)23-12-21(13-23)29(40)36-30-35-24-9-8-20(14-27(24)44-30)22-15-33-28(34-16-22)18-42-26-7-5-6-25(26)39/h8-9,14-16,19,21,23,25-26,31,39,41H,5-7,10-13,17-18H2,1-4H3,(H,35,36,40)/t19-,21-,23+,25-,26-,31-/m0/s1. The van der Waals surface area contributed by atoms with Crippen LogP contribution in [-0.4, -0.2) is 96.8 Å². The smallest absolute Gasteiger partial charge is 0.229 e. The quantitative estimate of drug-likeness (QED) is 0.300. The Morgan fingerprint density at radius 1 is 1.16 bits per heavy atom. The van der Waals surface area contributed by atoms with Crippen LogP contribution in [0.2, 0.25) is 0 Å². The summed E-state index contributed by atoms with van der Waals surface area (Å²) in [4.78, 5) is 31.1. The molecule has 3 aromatic rings. The maximum Gasteiger partial charge on any atom is 0.229 e. The maximum absolute atomic E-state index is 13.1. The second kappa shape index (κ2) is 13.0. The van der Waals surface area contributed by atoms with Gasteiger partial charge in [-0.1, -0.05) is 17.4 Å². The van der Waals surface area contributed by atoms with Crippen LogP contribution in [-0.2, 0) is 20.9 Å².